The van der Waals surface area contributed by atoms with Gasteiger partial charge in [0.1, 0.15) is 0 Å². The van der Waals surface area contributed by atoms with Crippen molar-refractivity contribution in [2.24, 2.45) is 0 Å². The van der Waals surface area contributed by atoms with Crippen molar-refractivity contribution in [3.63, 3.8) is 0 Å². The predicted octanol–water partition coefficient (Wildman–Crippen LogP) is 1.28. The third kappa shape index (κ3) is 3.70. The summed E-state index contributed by atoms with van der Waals surface area (Å²) in [7, 11) is 2.00. The average molecular weight is 252 g/mol. The van der Waals surface area contributed by atoms with Gasteiger partial charge in [-0.05, 0) is 26.5 Å². The maximum absolute atomic E-state index is 11.6. The predicted molar refractivity (Wildman–Crippen MR) is 70.0 cm³/mol. The quantitative estimate of drug-likeness (QED) is 0.828. The molecule has 1 aromatic heterocycles. The Morgan fingerprint density at radius 3 is 2.72 bits per heavy atom. The van der Waals surface area contributed by atoms with Crippen LogP contribution in [0, 0.1) is 0 Å². The molecule has 0 aliphatic carbocycles. The molecule has 5 heteroatoms. The van der Waals surface area contributed by atoms with Gasteiger partial charge in [-0.2, -0.15) is 0 Å². The summed E-state index contributed by atoms with van der Waals surface area (Å²) in [6.45, 7) is 5.45. The second-order valence-corrected chi connectivity index (χ2v) is 4.49. The molecule has 5 nitrogen and oxygen atoms in total. The Kier molecular flexibility index (Phi) is 5.09. The van der Waals surface area contributed by atoms with Crippen molar-refractivity contribution in [3.05, 3.63) is 34.2 Å². The van der Waals surface area contributed by atoms with Gasteiger partial charge in [0.15, 0.2) is 0 Å². The van der Waals surface area contributed by atoms with E-state index in [1.54, 1.807) is 0 Å². The highest BCUT2D eigenvalue weighted by Gasteiger charge is 2.08. The van der Waals surface area contributed by atoms with Crippen LogP contribution in [0.25, 0.3) is 0 Å². The van der Waals surface area contributed by atoms with Gasteiger partial charge in [-0.25, -0.2) is 4.79 Å². The second kappa shape index (κ2) is 6.35. The van der Waals surface area contributed by atoms with Gasteiger partial charge in [0.25, 0.3) is 5.56 Å². The third-order valence-corrected chi connectivity index (χ3v) is 3.27. The fourth-order valence-corrected chi connectivity index (χ4v) is 1.63. The first-order valence-electron chi connectivity index (χ1n) is 6.09. The fourth-order valence-electron chi connectivity index (χ4n) is 1.63. The monoisotopic (exact) mass is 252 g/mol. The summed E-state index contributed by atoms with van der Waals surface area (Å²) < 4.78 is 1.45. The van der Waals surface area contributed by atoms with E-state index >= 15 is 0 Å². The molecular formula is C13H20N2O3. The molecule has 18 heavy (non-hydrogen) atoms. The molecule has 1 heterocycles. The number of carboxylic acids is 1. The van der Waals surface area contributed by atoms with Gasteiger partial charge in [0.2, 0.25) is 0 Å². The van der Waals surface area contributed by atoms with Gasteiger partial charge >= 0.3 is 5.97 Å². The van der Waals surface area contributed by atoms with Crippen molar-refractivity contribution in [2.75, 3.05) is 13.6 Å². The van der Waals surface area contributed by atoms with E-state index < -0.39 is 5.97 Å². The molecule has 1 N–H and O–H groups in total. The zero-order chi connectivity index (χ0) is 13.7. The molecule has 100 valence electrons. The van der Waals surface area contributed by atoms with E-state index in [0.717, 1.165) is 13.0 Å². The van der Waals surface area contributed by atoms with E-state index in [4.69, 9.17) is 5.11 Å². The highest BCUT2D eigenvalue weighted by atomic mass is 16.4. The van der Waals surface area contributed by atoms with Crippen LogP contribution in [0.4, 0.5) is 0 Å². The lowest BCUT2D eigenvalue weighted by atomic mass is 10.2. The number of carbonyl (C=O) groups is 1. The lowest BCUT2D eigenvalue weighted by Gasteiger charge is -2.23. The SMILES string of the molecule is CCC(C)N(C)CCn1cc(C(=O)O)ccc1=O. The van der Waals surface area contributed by atoms with E-state index in [0.29, 0.717) is 12.6 Å². The molecule has 1 unspecified atom stereocenters. The molecule has 0 spiro atoms. The minimum atomic E-state index is -1.01. The van der Waals surface area contributed by atoms with E-state index in [2.05, 4.69) is 18.7 Å². The number of likely N-dealkylation sites (N-methyl/N-ethyl adjacent to an activating group) is 1. The Morgan fingerprint density at radius 1 is 1.50 bits per heavy atom. The number of aromatic nitrogens is 1. The fraction of sp³-hybridized carbons (Fsp3) is 0.538. The Bertz CT molecular complexity index is 468. The lowest BCUT2D eigenvalue weighted by molar-refractivity contribution is 0.0695. The number of carboxylic acid groups (broad SMARTS) is 1. The molecule has 0 aromatic carbocycles. The highest BCUT2D eigenvalue weighted by Crippen LogP contribution is 2.01. The number of rotatable bonds is 6. The standard InChI is InChI=1S/C13H20N2O3/c1-4-10(2)14(3)7-8-15-9-11(13(17)18)5-6-12(15)16/h5-6,9-10H,4,7-8H2,1-3H3,(H,17,18). The molecule has 1 rings (SSSR count). The number of aromatic carboxylic acids is 1. The highest BCUT2D eigenvalue weighted by molar-refractivity contribution is 5.87. The van der Waals surface area contributed by atoms with Crippen LogP contribution in [0.2, 0.25) is 0 Å². The van der Waals surface area contributed by atoms with Gasteiger partial charge in [-0.1, -0.05) is 6.92 Å². The Labute approximate surface area is 107 Å². The molecule has 1 aromatic rings. The van der Waals surface area contributed by atoms with Crippen LogP contribution in [-0.4, -0.2) is 40.2 Å². The molecule has 0 saturated heterocycles. The van der Waals surface area contributed by atoms with Crippen molar-refractivity contribution in [3.8, 4) is 0 Å². The smallest absolute Gasteiger partial charge is 0.337 e. The molecule has 1 atom stereocenters. The molecule has 0 bridgehead atoms. The Morgan fingerprint density at radius 2 is 2.17 bits per heavy atom. The lowest BCUT2D eigenvalue weighted by Crippen LogP contribution is -2.33. The molecule has 0 radical (unpaired) electrons. The van der Waals surface area contributed by atoms with Gasteiger partial charge in [-0.15, -0.1) is 0 Å². The van der Waals surface area contributed by atoms with Crippen molar-refractivity contribution < 1.29 is 9.90 Å². The van der Waals surface area contributed by atoms with Crippen LogP contribution in [0.1, 0.15) is 30.6 Å². The van der Waals surface area contributed by atoms with E-state index in [1.807, 2.05) is 7.05 Å². The van der Waals surface area contributed by atoms with Crippen molar-refractivity contribution in [2.45, 2.75) is 32.9 Å². The normalized spacial score (nSPS) is 12.7. The molecule has 0 fully saturated rings. The van der Waals surface area contributed by atoms with Crippen LogP contribution in [0.5, 0.6) is 0 Å². The second-order valence-electron chi connectivity index (χ2n) is 4.49. The molecule has 0 amide bonds. The number of pyridine rings is 1. The first-order chi connectivity index (χ1) is 8.45. The third-order valence-electron chi connectivity index (χ3n) is 3.27. The topological polar surface area (TPSA) is 62.5 Å². The Balaban J connectivity index is 2.75. The van der Waals surface area contributed by atoms with Crippen LogP contribution in [0.15, 0.2) is 23.1 Å². The van der Waals surface area contributed by atoms with Crippen molar-refractivity contribution >= 4 is 5.97 Å². The summed E-state index contributed by atoms with van der Waals surface area (Å²) in [6, 6.07) is 3.08. The van der Waals surface area contributed by atoms with Crippen molar-refractivity contribution in [1.29, 1.82) is 0 Å². The van der Waals surface area contributed by atoms with Crippen LogP contribution in [0.3, 0.4) is 0 Å². The summed E-state index contributed by atoms with van der Waals surface area (Å²) in [5, 5.41) is 8.88. The average Bonchev–Trinajstić information content (AvgIpc) is 2.36. The molecule has 0 aliphatic heterocycles. The van der Waals surface area contributed by atoms with Crippen LogP contribution >= 0.6 is 0 Å². The van der Waals surface area contributed by atoms with Gasteiger partial charge in [0, 0.05) is 31.4 Å². The first-order valence-corrected chi connectivity index (χ1v) is 6.09. The van der Waals surface area contributed by atoms with E-state index in [9.17, 15) is 9.59 Å². The molecular weight excluding hydrogens is 232 g/mol. The summed E-state index contributed by atoms with van der Waals surface area (Å²) in [5.74, 6) is -1.01. The number of hydrogen-bond acceptors (Lipinski definition) is 3. The summed E-state index contributed by atoms with van der Waals surface area (Å²) in [5.41, 5.74) is -0.0293. The van der Waals surface area contributed by atoms with E-state index in [-0.39, 0.29) is 11.1 Å². The van der Waals surface area contributed by atoms with Gasteiger partial charge in [0.05, 0.1) is 5.56 Å². The largest absolute Gasteiger partial charge is 0.478 e. The number of nitrogens with zero attached hydrogens (tertiary/aromatic N) is 2. The maximum atomic E-state index is 11.6. The van der Waals surface area contributed by atoms with Crippen LogP contribution in [-0.2, 0) is 6.54 Å². The summed E-state index contributed by atoms with van der Waals surface area (Å²) >= 11 is 0. The maximum Gasteiger partial charge on any atom is 0.337 e. The molecule has 0 aliphatic rings. The van der Waals surface area contributed by atoms with Gasteiger partial charge in [-0.3, -0.25) is 4.79 Å². The van der Waals surface area contributed by atoms with Gasteiger partial charge < -0.3 is 14.6 Å². The minimum Gasteiger partial charge on any atom is -0.478 e. The van der Waals surface area contributed by atoms with Crippen LogP contribution < -0.4 is 5.56 Å². The Hall–Kier alpha value is -1.62. The van der Waals surface area contributed by atoms with Crippen molar-refractivity contribution in [1.82, 2.24) is 9.47 Å². The zero-order valence-corrected chi connectivity index (χ0v) is 11.1. The summed E-state index contributed by atoms with van der Waals surface area (Å²) in [6.07, 6.45) is 2.44. The molecule has 0 saturated carbocycles. The van der Waals surface area contributed by atoms with E-state index in [1.165, 1.54) is 22.9 Å². The summed E-state index contributed by atoms with van der Waals surface area (Å²) in [4.78, 5) is 24.6. The number of hydrogen-bond donors (Lipinski definition) is 1. The minimum absolute atomic E-state index is 0.140. The first kappa shape index (κ1) is 14.4. The zero-order valence-electron chi connectivity index (χ0n) is 11.1.